The second-order valence-corrected chi connectivity index (χ2v) is 4.79. The average molecular weight is 245 g/mol. The molecule has 1 atom stereocenters. The molecule has 3 heterocycles. The maximum atomic E-state index is 10.1. The zero-order valence-corrected chi connectivity index (χ0v) is 9.84. The summed E-state index contributed by atoms with van der Waals surface area (Å²) in [5, 5.41) is 10.1. The average Bonchev–Trinajstić information content (AvgIpc) is 2.96. The molecule has 3 rings (SSSR count). The molecule has 0 aromatic carbocycles. The number of hydrogen-bond donors (Lipinski definition) is 1. The molecular weight excluding hydrogens is 234 g/mol. The predicted octanol–water partition coefficient (Wildman–Crippen LogP) is 2.07. The summed E-state index contributed by atoms with van der Waals surface area (Å²) in [4.78, 5) is 9.45. The molecule has 0 aliphatic heterocycles. The minimum atomic E-state index is -0.574. The Morgan fingerprint density at radius 1 is 1.41 bits per heavy atom. The van der Waals surface area contributed by atoms with Crippen LogP contribution in [0.5, 0.6) is 0 Å². The lowest BCUT2D eigenvalue weighted by molar-refractivity contribution is 0.175. The molecule has 0 saturated carbocycles. The summed E-state index contributed by atoms with van der Waals surface area (Å²) >= 11 is 1.55. The third-order valence-electron chi connectivity index (χ3n) is 2.60. The monoisotopic (exact) mass is 245 g/mol. The van der Waals surface area contributed by atoms with Gasteiger partial charge in [0, 0.05) is 29.9 Å². The Morgan fingerprint density at radius 2 is 2.35 bits per heavy atom. The molecule has 0 fully saturated rings. The third-order valence-corrected chi connectivity index (χ3v) is 3.40. The van der Waals surface area contributed by atoms with E-state index in [1.54, 1.807) is 23.0 Å². The summed E-state index contributed by atoms with van der Waals surface area (Å²) in [7, 11) is 0. The highest BCUT2D eigenvalue weighted by Gasteiger charge is 2.13. The molecule has 0 bridgehead atoms. The molecule has 4 nitrogen and oxygen atoms in total. The van der Waals surface area contributed by atoms with Gasteiger partial charge in [0.2, 0.25) is 0 Å². The Kier molecular flexibility index (Phi) is 2.62. The van der Waals surface area contributed by atoms with Crippen molar-refractivity contribution >= 4 is 17.0 Å². The number of aliphatic hydroxyl groups excluding tert-OH is 1. The molecule has 1 N–H and O–H groups in total. The van der Waals surface area contributed by atoms with E-state index in [2.05, 4.69) is 9.97 Å². The zero-order chi connectivity index (χ0) is 11.7. The van der Waals surface area contributed by atoms with Gasteiger partial charge < -0.3 is 9.51 Å². The largest absolute Gasteiger partial charge is 0.386 e. The molecule has 5 heteroatoms. The first-order valence-electron chi connectivity index (χ1n) is 5.32. The van der Waals surface area contributed by atoms with Gasteiger partial charge in [-0.2, -0.15) is 0 Å². The molecular formula is C12H11N3OS. The van der Waals surface area contributed by atoms with Crippen LogP contribution in [0, 0.1) is 0 Å². The van der Waals surface area contributed by atoms with E-state index in [0.717, 1.165) is 10.5 Å². The van der Waals surface area contributed by atoms with Crippen LogP contribution in [-0.2, 0) is 6.42 Å². The summed E-state index contributed by atoms with van der Waals surface area (Å²) in [6.07, 6.45) is 5.56. The number of hydrogen-bond acceptors (Lipinski definition) is 4. The fraction of sp³-hybridized carbons (Fsp3) is 0.167. The van der Waals surface area contributed by atoms with E-state index < -0.39 is 6.10 Å². The van der Waals surface area contributed by atoms with Crippen LogP contribution in [-0.4, -0.2) is 19.5 Å². The van der Waals surface area contributed by atoms with E-state index in [4.69, 9.17) is 0 Å². The Hall–Kier alpha value is -1.72. The summed E-state index contributed by atoms with van der Waals surface area (Å²) in [5.41, 5.74) is 3.32. The number of aromatic nitrogens is 3. The maximum absolute atomic E-state index is 10.1. The Bertz CT molecular complexity index is 585. The van der Waals surface area contributed by atoms with E-state index in [9.17, 15) is 5.11 Å². The second-order valence-electron chi connectivity index (χ2n) is 3.82. The molecule has 0 radical (unpaired) electrons. The van der Waals surface area contributed by atoms with E-state index in [1.165, 1.54) is 0 Å². The first-order valence-corrected chi connectivity index (χ1v) is 6.20. The van der Waals surface area contributed by atoms with Crippen molar-refractivity contribution in [3.63, 3.8) is 0 Å². The summed E-state index contributed by atoms with van der Waals surface area (Å²) in [6, 6.07) is 5.79. The fourth-order valence-electron chi connectivity index (χ4n) is 1.75. The summed E-state index contributed by atoms with van der Waals surface area (Å²) in [6.45, 7) is 0. The van der Waals surface area contributed by atoms with Crippen LogP contribution in [0.2, 0.25) is 0 Å². The molecule has 0 aliphatic carbocycles. The van der Waals surface area contributed by atoms with E-state index in [0.29, 0.717) is 12.1 Å². The first kappa shape index (κ1) is 10.4. The molecule has 0 saturated heterocycles. The van der Waals surface area contributed by atoms with Crippen LogP contribution >= 0.6 is 11.3 Å². The number of rotatable bonds is 3. The topological polar surface area (TPSA) is 50.4 Å². The highest BCUT2D eigenvalue weighted by atomic mass is 32.1. The van der Waals surface area contributed by atoms with Gasteiger partial charge in [-0.1, -0.05) is 6.07 Å². The Morgan fingerprint density at radius 3 is 3.12 bits per heavy atom. The lowest BCUT2D eigenvalue weighted by Gasteiger charge is -2.04. The van der Waals surface area contributed by atoms with Crippen LogP contribution < -0.4 is 0 Å². The number of nitrogens with zero attached hydrogens (tertiary/aromatic N) is 3. The molecule has 1 unspecified atom stereocenters. The number of imidazole rings is 1. The standard InChI is InChI=1S/C12H11N3OS/c16-11(5-9-6-13-8-17-9)10-7-15-4-2-1-3-12(15)14-10/h1-4,6-8,11,16H,5H2. The van der Waals surface area contributed by atoms with Crippen molar-refractivity contribution in [1.82, 2.24) is 14.4 Å². The van der Waals surface area contributed by atoms with Crippen LogP contribution in [0.3, 0.4) is 0 Å². The van der Waals surface area contributed by atoms with Crippen LogP contribution in [0.15, 0.2) is 42.3 Å². The van der Waals surface area contributed by atoms with Crippen molar-refractivity contribution in [3.05, 3.63) is 52.9 Å². The van der Waals surface area contributed by atoms with Gasteiger partial charge in [0.05, 0.1) is 11.2 Å². The molecule has 3 aromatic heterocycles. The van der Waals surface area contributed by atoms with Gasteiger partial charge in [0.15, 0.2) is 0 Å². The maximum Gasteiger partial charge on any atom is 0.137 e. The second kappa shape index (κ2) is 4.27. The van der Waals surface area contributed by atoms with E-state index in [1.807, 2.05) is 35.0 Å². The summed E-state index contributed by atoms with van der Waals surface area (Å²) in [5.74, 6) is 0. The van der Waals surface area contributed by atoms with Crippen molar-refractivity contribution in [1.29, 1.82) is 0 Å². The van der Waals surface area contributed by atoms with Crippen molar-refractivity contribution in [2.75, 3.05) is 0 Å². The highest BCUT2D eigenvalue weighted by molar-refractivity contribution is 7.09. The van der Waals surface area contributed by atoms with E-state index in [-0.39, 0.29) is 0 Å². The van der Waals surface area contributed by atoms with Crippen LogP contribution in [0.25, 0.3) is 5.65 Å². The van der Waals surface area contributed by atoms with Gasteiger partial charge in [0.1, 0.15) is 11.8 Å². The minimum Gasteiger partial charge on any atom is -0.386 e. The van der Waals surface area contributed by atoms with Crippen molar-refractivity contribution in [2.24, 2.45) is 0 Å². The van der Waals surface area contributed by atoms with Gasteiger partial charge in [-0.05, 0) is 12.1 Å². The van der Waals surface area contributed by atoms with Gasteiger partial charge in [-0.3, -0.25) is 4.98 Å². The van der Waals surface area contributed by atoms with Crippen molar-refractivity contribution in [2.45, 2.75) is 12.5 Å². The predicted molar refractivity (Wildman–Crippen MR) is 66.0 cm³/mol. The van der Waals surface area contributed by atoms with Crippen LogP contribution in [0.1, 0.15) is 16.7 Å². The third kappa shape index (κ3) is 2.07. The molecule has 86 valence electrons. The fourth-order valence-corrected chi connectivity index (χ4v) is 2.39. The Balaban J connectivity index is 1.88. The normalized spacial score (nSPS) is 13.0. The Labute approximate surface area is 102 Å². The molecule has 3 aromatic rings. The summed E-state index contributed by atoms with van der Waals surface area (Å²) < 4.78 is 1.91. The first-order chi connectivity index (χ1) is 8.33. The van der Waals surface area contributed by atoms with Gasteiger partial charge in [0.25, 0.3) is 0 Å². The van der Waals surface area contributed by atoms with Gasteiger partial charge in [-0.15, -0.1) is 11.3 Å². The SMILES string of the molecule is OC(Cc1cncs1)c1cn2ccccc2n1. The quantitative estimate of drug-likeness (QED) is 0.768. The number of pyridine rings is 1. The van der Waals surface area contributed by atoms with Gasteiger partial charge in [-0.25, -0.2) is 4.98 Å². The smallest absolute Gasteiger partial charge is 0.137 e. The zero-order valence-electron chi connectivity index (χ0n) is 9.02. The molecule has 0 amide bonds. The van der Waals surface area contributed by atoms with Crippen molar-refractivity contribution < 1.29 is 5.11 Å². The number of thiazole rings is 1. The molecule has 17 heavy (non-hydrogen) atoms. The minimum absolute atomic E-state index is 0.564. The lowest BCUT2D eigenvalue weighted by Crippen LogP contribution is -2.00. The molecule has 0 aliphatic rings. The van der Waals surface area contributed by atoms with Crippen LogP contribution in [0.4, 0.5) is 0 Å². The van der Waals surface area contributed by atoms with Gasteiger partial charge >= 0.3 is 0 Å². The van der Waals surface area contributed by atoms with E-state index >= 15 is 0 Å². The molecule has 0 spiro atoms. The lowest BCUT2D eigenvalue weighted by atomic mass is 10.2. The number of aliphatic hydroxyl groups is 1. The van der Waals surface area contributed by atoms with Crippen molar-refractivity contribution in [3.8, 4) is 0 Å². The highest BCUT2D eigenvalue weighted by Crippen LogP contribution is 2.19. The number of fused-ring (bicyclic) bond motifs is 1.